The Bertz CT molecular complexity index is 1140. The van der Waals surface area contributed by atoms with Crippen LogP contribution in [-0.4, -0.2) is 66.7 Å². The molecule has 9 nitrogen and oxygen atoms in total. The maximum Gasteiger partial charge on any atom is 0.247 e. The predicted molar refractivity (Wildman–Crippen MR) is 121 cm³/mol. The molecule has 170 valence electrons. The molecule has 0 spiro atoms. The number of hydrogen-bond acceptors (Lipinski definition) is 7. The molecule has 3 heterocycles. The third kappa shape index (κ3) is 4.56. The molecule has 1 aliphatic rings. The summed E-state index contributed by atoms with van der Waals surface area (Å²) in [5, 5.41) is 0. The minimum absolute atomic E-state index is 0.135. The van der Waals surface area contributed by atoms with Crippen molar-refractivity contribution in [1.82, 2.24) is 18.8 Å². The van der Waals surface area contributed by atoms with Gasteiger partial charge in [-0.15, -0.1) is 0 Å². The minimum atomic E-state index is -3.74. The average molecular weight is 458 g/mol. The van der Waals surface area contributed by atoms with Gasteiger partial charge in [0.25, 0.3) is 0 Å². The number of anilines is 1. The lowest BCUT2D eigenvalue weighted by Crippen LogP contribution is -2.49. The van der Waals surface area contributed by atoms with E-state index in [0.717, 1.165) is 11.6 Å². The molecular weight excluding hydrogens is 430 g/mol. The molecule has 1 aromatic carbocycles. The fourth-order valence-electron chi connectivity index (χ4n) is 3.66. The van der Waals surface area contributed by atoms with Gasteiger partial charge >= 0.3 is 0 Å². The first-order chi connectivity index (χ1) is 15.5. The average Bonchev–Trinajstić information content (AvgIpc) is 3.36. The van der Waals surface area contributed by atoms with Gasteiger partial charge in [-0.2, -0.15) is 4.31 Å². The zero-order valence-corrected chi connectivity index (χ0v) is 19.0. The third-order valence-corrected chi connectivity index (χ3v) is 7.13. The van der Waals surface area contributed by atoms with E-state index in [4.69, 9.17) is 9.47 Å². The second-order valence-electron chi connectivity index (χ2n) is 7.19. The third-order valence-electron chi connectivity index (χ3n) is 5.21. The Morgan fingerprint density at radius 2 is 1.59 bits per heavy atom. The molecular formula is C22H27N5O4S. The summed E-state index contributed by atoms with van der Waals surface area (Å²) in [5.74, 6) is 2.38. The molecule has 1 fully saturated rings. The maximum absolute atomic E-state index is 13.4. The molecule has 10 heteroatoms. The molecule has 0 saturated carbocycles. The summed E-state index contributed by atoms with van der Waals surface area (Å²) >= 11 is 0. The molecule has 0 atom stereocenters. The van der Waals surface area contributed by atoms with Crippen molar-refractivity contribution in [3.63, 3.8) is 0 Å². The van der Waals surface area contributed by atoms with Crippen molar-refractivity contribution in [3.05, 3.63) is 55.1 Å². The van der Waals surface area contributed by atoms with E-state index in [1.165, 1.54) is 10.6 Å². The highest BCUT2D eigenvalue weighted by Crippen LogP contribution is 2.32. The van der Waals surface area contributed by atoms with Crippen LogP contribution in [0.25, 0.3) is 5.82 Å². The topological polar surface area (TPSA) is 89.8 Å². The van der Waals surface area contributed by atoms with E-state index in [1.807, 2.05) is 49.0 Å². The second-order valence-corrected chi connectivity index (χ2v) is 9.10. The SMILES string of the molecule is CCOc1ccc(OCC)c(S(=O)(=O)N2CCN(c3cc(-n4cccc4)ncn3)CC2)c1. The van der Waals surface area contributed by atoms with Gasteiger partial charge in [-0.3, -0.25) is 0 Å². The molecule has 0 N–H and O–H groups in total. The van der Waals surface area contributed by atoms with Crippen LogP contribution in [0.2, 0.25) is 0 Å². The second kappa shape index (κ2) is 9.58. The van der Waals surface area contributed by atoms with Crippen LogP contribution in [0.15, 0.2) is 60.0 Å². The number of piperazine rings is 1. The lowest BCUT2D eigenvalue weighted by Gasteiger charge is -2.35. The largest absolute Gasteiger partial charge is 0.494 e. The summed E-state index contributed by atoms with van der Waals surface area (Å²) in [6.07, 6.45) is 5.37. The van der Waals surface area contributed by atoms with Crippen LogP contribution < -0.4 is 14.4 Å². The van der Waals surface area contributed by atoms with E-state index in [2.05, 4.69) is 14.9 Å². The van der Waals surface area contributed by atoms with Crippen LogP contribution in [0.4, 0.5) is 5.82 Å². The van der Waals surface area contributed by atoms with Gasteiger partial charge in [0.05, 0.1) is 13.2 Å². The summed E-state index contributed by atoms with van der Waals surface area (Å²) in [7, 11) is -3.74. The number of sulfonamides is 1. The van der Waals surface area contributed by atoms with Gasteiger partial charge in [-0.05, 0) is 38.1 Å². The van der Waals surface area contributed by atoms with E-state index in [-0.39, 0.29) is 4.90 Å². The van der Waals surface area contributed by atoms with Crippen molar-refractivity contribution in [2.75, 3.05) is 44.3 Å². The van der Waals surface area contributed by atoms with Gasteiger partial charge in [0, 0.05) is 50.7 Å². The van der Waals surface area contributed by atoms with Crippen molar-refractivity contribution >= 4 is 15.8 Å². The Balaban J connectivity index is 1.52. The number of rotatable bonds is 8. The number of nitrogens with zero attached hydrogens (tertiary/aromatic N) is 5. The Labute approximate surface area is 188 Å². The Morgan fingerprint density at radius 1 is 0.906 bits per heavy atom. The fraction of sp³-hybridized carbons (Fsp3) is 0.364. The van der Waals surface area contributed by atoms with Crippen molar-refractivity contribution in [1.29, 1.82) is 0 Å². The number of hydrogen-bond donors (Lipinski definition) is 0. The lowest BCUT2D eigenvalue weighted by atomic mass is 10.3. The van der Waals surface area contributed by atoms with E-state index < -0.39 is 10.0 Å². The minimum Gasteiger partial charge on any atom is -0.494 e. The number of aromatic nitrogens is 3. The van der Waals surface area contributed by atoms with E-state index in [0.29, 0.717) is 50.9 Å². The summed E-state index contributed by atoms with van der Waals surface area (Å²) in [6.45, 7) is 6.25. The van der Waals surface area contributed by atoms with Gasteiger partial charge < -0.3 is 18.9 Å². The summed E-state index contributed by atoms with van der Waals surface area (Å²) in [5.41, 5.74) is 0. The Morgan fingerprint density at radius 3 is 2.28 bits per heavy atom. The van der Waals surface area contributed by atoms with E-state index >= 15 is 0 Å². The van der Waals surface area contributed by atoms with Crippen molar-refractivity contribution < 1.29 is 17.9 Å². The lowest BCUT2D eigenvalue weighted by molar-refractivity contribution is 0.319. The highest BCUT2D eigenvalue weighted by Gasteiger charge is 2.32. The number of benzene rings is 1. The zero-order chi connectivity index (χ0) is 22.6. The predicted octanol–water partition coefficient (Wildman–Crippen LogP) is 2.58. The standard InChI is InChI=1S/C22H27N5O4S/c1-3-30-18-7-8-19(31-4-2)20(15-18)32(28,29)27-13-11-26(12-14-27)22-16-21(23-17-24-22)25-9-5-6-10-25/h5-10,15-17H,3-4,11-14H2,1-2H3. The van der Waals surface area contributed by atoms with Gasteiger partial charge in [0.1, 0.15) is 34.4 Å². The fourth-order valence-corrected chi connectivity index (χ4v) is 5.22. The van der Waals surface area contributed by atoms with Crippen LogP contribution in [0.3, 0.4) is 0 Å². The molecule has 0 unspecified atom stereocenters. The molecule has 4 rings (SSSR count). The van der Waals surface area contributed by atoms with Gasteiger partial charge in [0.15, 0.2) is 0 Å². The highest BCUT2D eigenvalue weighted by atomic mass is 32.2. The first kappa shape index (κ1) is 22.1. The van der Waals surface area contributed by atoms with E-state index in [1.54, 1.807) is 18.2 Å². The first-order valence-corrected chi connectivity index (χ1v) is 12.1. The van der Waals surface area contributed by atoms with Crippen LogP contribution in [-0.2, 0) is 10.0 Å². The molecule has 0 amide bonds. The van der Waals surface area contributed by atoms with Crippen LogP contribution in [0.1, 0.15) is 13.8 Å². The molecule has 0 radical (unpaired) electrons. The molecule has 2 aromatic heterocycles. The molecule has 1 saturated heterocycles. The summed E-state index contributed by atoms with van der Waals surface area (Å²) in [4.78, 5) is 10.9. The van der Waals surface area contributed by atoms with Crippen LogP contribution in [0.5, 0.6) is 11.5 Å². The van der Waals surface area contributed by atoms with Crippen molar-refractivity contribution in [3.8, 4) is 17.3 Å². The van der Waals surface area contributed by atoms with Crippen LogP contribution in [0, 0.1) is 0 Å². The molecule has 0 bridgehead atoms. The van der Waals surface area contributed by atoms with Crippen molar-refractivity contribution in [2.45, 2.75) is 18.7 Å². The summed E-state index contributed by atoms with van der Waals surface area (Å²) in [6, 6.07) is 10.7. The monoisotopic (exact) mass is 457 g/mol. The smallest absolute Gasteiger partial charge is 0.247 e. The number of ether oxygens (including phenoxy) is 2. The summed E-state index contributed by atoms with van der Waals surface area (Å²) < 4.78 is 41.4. The first-order valence-electron chi connectivity index (χ1n) is 10.6. The zero-order valence-electron chi connectivity index (χ0n) is 18.2. The quantitative estimate of drug-likeness (QED) is 0.514. The van der Waals surface area contributed by atoms with Gasteiger partial charge in [0.2, 0.25) is 10.0 Å². The Hall–Kier alpha value is -3.11. The van der Waals surface area contributed by atoms with Gasteiger partial charge in [-0.1, -0.05) is 0 Å². The van der Waals surface area contributed by atoms with Crippen molar-refractivity contribution in [2.24, 2.45) is 0 Å². The van der Waals surface area contributed by atoms with Gasteiger partial charge in [-0.25, -0.2) is 18.4 Å². The highest BCUT2D eigenvalue weighted by molar-refractivity contribution is 7.89. The maximum atomic E-state index is 13.4. The molecule has 32 heavy (non-hydrogen) atoms. The van der Waals surface area contributed by atoms with E-state index in [9.17, 15) is 8.42 Å². The van der Waals surface area contributed by atoms with Crippen LogP contribution >= 0.6 is 0 Å². The normalized spacial score (nSPS) is 15.0. The Kier molecular flexibility index (Phi) is 6.61. The molecule has 3 aromatic rings. The molecule has 0 aliphatic carbocycles. The molecule has 1 aliphatic heterocycles.